The minimum atomic E-state index is 0.0259. The highest BCUT2D eigenvalue weighted by Crippen LogP contribution is 2.20. The topological polar surface area (TPSA) is 50.5 Å². The Balaban J connectivity index is 2.00. The molecule has 0 aliphatic rings. The van der Waals surface area contributed by atoms with Crippen LogP contribution in [0.4, 0.5) is 0 Å². The summed E-state index contributed by atoms with van der Waals surface area (Å²) >= 11 is 0. The third kappa shape index (κ3) is 4.31. The van der Waals surface area contributed by atoms with Gasteiger partial charge in [0.1, 0.15) is 18.2 Å². The van der Waals surface area contributed by atoms with Crippen LogP contribution in [0.25, 0.3) is 0 Å². The van der Waals surface area contributed by atoms with Crippen LogP contribution >= 0.6 is 0 Å². The minimum Gasteiger partial charge on any atom is -0.491 e. The number of imidazole rings is 1. The Bertz CT molecular complexity index is 554. The van der Waals surface area contributed by atoms with Crippen LogP contribution in [-0.2, 0) is 19.6 Å². The Labute approximate surface area is 125 Å². The number of aryl methyl sites for hydroxylation is 1. The number of aliphatic hydroxyl groups is 1. The van der Waals surface area contributed by atoms with E-state index in [9.17, 15) is 0 Å². The zero-order chi connectivity index (χ0) is 15.1. The predicted octanol–water partition coefficient (Wildman–Crippen LogP) is 1.91. The first-order valence-electron chi connectivity index (χ1n) is 7.24. The number of rotatable bonds is 8. The van der Waals surface area contributed by atoms with E-state index in [4.69, 9.17) is 9.84 Å². The zero-order valence-corrected chi connectivity index (χ0v) is 12.7. The average molecular weight is 289 g/mol. The molecule has 0 bridgehead atoms. The van der Waals surface area contributed by atoms with Crippen LogP contribution in [0.2, 0.25) is 0 Å². The van der Waals surface area contributed by atoms with E-state index >= 15 is 0 Å². The minimum absolute atomic E-state index is 0.0259. The molecule has 1 aromatic carbocycles. The SMILES string of the molecule is CCn1ccnc1CN(C)Cc1ccccc1OCCO. The third-order valence-electron chi connectivity index (χ3n) is 3.32. The summed E-state index contributed by atoms with van der Waals surface area (Å²) in [6.07, 6.45) is 3.84. The maximum atomic E-state index is 8.88. The maximum absolute atomic E-state index is 8.88. The second-order valence-corrected chi connectivity index (χ2v) is 4.98. The van der Waals surface area contributed by atoms with Crippen LogP contribution in [0, 0.1) is 0 Å². The molecule has 2 aromatic rings. The Kier molecular flexibility index (Phi) is 5.78. The van der Waals surface area contributed by atoms with Crippen molar-refractivity contribution in [3.63, 3.8) is 0 Å². The lowest BCUT2D eigenvalue weighted by Crippen LogP contribution is -2.20. The quantitative estimate of drug-likeness (QED) is 0.806. The summed E-state index contributed by atoms with van der Waals surface area (Å²) in [5.74, 6) is 1.89. The van der Waals surface area contributed by atoms with Crippen LogP contribution in [-0.4, -0.2) is 39.8 Å². The molecule has 0 fully saturated rings. The Morgan fingerprint density at radius 1 is 1.29 bits per heavy atom. The molecule has 5 nitrogen and oxygen atoms in total. The lowest BCUT2D eigenvalue weighted by atomic mass is 10.2. The van der Waals surface area contributed by atoms with Crippen molar-refractivity contribution in [3.05, 3.63) is 48.0 Å². The molecule has 0 amide bonds. The van der Waals surface area contributed by atoms with E-state index in [1.165, 1.54) is 0 Å². The fraction of sp³-hybridized carbons (Fsp3) is 0.438. The standard InChI is InChI=1S/C16H23N3O2/c1-3-19-9-8-17-16(19)13-18(2)12-14-6-4-5-7-15(14)21-11-10-20/h4-9,20H,3,10-13H2,1-2H3. The molecule has 1 heterocycles. The molecule has 0 saturated heterocycles. The number of nitrogens with zero attached hydrogens (tertiary/aromatic N) is 3. The fourth-order valence-corrected chi connectivity index (χ4v) is 2.30. The fourth-order valence-electron chi connectivity index (χ4n) is 2.30. The maximum Gasteiger partial charge on any atom is 0.123 e. The number of benzene rings is 1. The second-order valence-electron chi connectivity index (χ2n) is 4.98. The Morgan fingerprint density at radius 3 is 2.86 bits per heavy atom. The van der Waals surface area contributed by atoms with Gasteiger partial charge in [-0.15, -0.1) is 0 Å². The van der Waals surface area contributed by atoms with Gasteiger partial charge in [-0.3, -0.25) is 4.90 Å². The highest BCUT2D eigenvalue weighted by atomic mass is 16.5. The lowest BCUT2D eigenvalue weighted by Gasteiger charge is -2.19. The molecule has 0 unspecified atom stereocenters. The van der Waals surface area contributed by atoms with Gasteiger partial charge in [0.05, 0.1) is 13.2 Å². The molecular weight excluding hydrogens is 266 g/mol. The number of hydrogen-bond acceptors (Lipinski definition) is 4. The normalized spacial score (nSPS) is 11.0. The summed E-state index contributed by atoms with van der Waals surface area (Å²) in [6, 6.07) is 7.93. The molecule has 1 N–H and O–H groups in total. The molecule has 0 spiro atoms. The first kappa shape index (κ1) is 15.5. The number of para-hydroxylation sites is 1. The summed E-state index contributed by atoms with van der Waals surface area (Å²) in [7, 11) is 2.07. The van der Waals surface area contributed by atoms with E-state index in [2.05, 4.69) is 34.5 Å². The van der Waals surface area contributed by atoms with Crippen LogP contribution in [0.15, 0.2) is 36.7 Å². The van der Waals surface area contributed by atoms with Gasteiger partial charge in [-0.05, 0) is 20.0 Å². The van der Waals surface area contributed by atoms with Crippen LogP contribution in [0.1, 0.15) is 18.3 Å². The zero-order valence-electron chi connectivity index (χ0n) is 12.7. The Hall–Kier alpha value is -1.85. The van der Waals surface area contributed by atoms with E-state index in [1.54, 1.807) is 0 Å². The third-order valence-corrected chi connectivity index (χ3v) is 3.32. The molecule has 0 atom stereocenters. The van der Waals surface area contributed by atoms with Crippen molar-refractivity contribution in [2.45, 2.75) is 26.6 Å². The summed E-state index contributed by atoms with van der Waals surface area (Å²) in [5, 5.41) is 8.88. The van der Waals surface area contributed by atoms with Crippen molar-refractivity contribution in [2.24, 2.45) is 0 Å². The average Bonchev–Trinajstić information content (AvgIpc) is 2.93. The monoisotopic (exact) mass is 289 g/mol. The second kappa shape index (κ2) is 7.81. The molecule has 0 radical (unpaired) electrons. The van der Waals surface area contributed by atoms with E-state index in [0.717, 1.165) is 36.8 Å². The van der Waals surface area contributed by atoms with E-state index < -0.39 is 0 Å². The van der Waals surface area contributed by atoms with Gasteiger partial charge in [0.15, 0.2) is 0 Å². The molecular formula is C16H23N3O2. The molecule has 5 heteroatoms. The largest absolute Gasteiger partial charge is 0.491 e. The number of aliphatic hydroxyl groups excluding tert-OH is 1. The molecule has 1 aromatic heterocycles. The van der Waals surface area contributed by atoms with Gasteiger partial charge < -0.3 is 14.4 Å². The molecule has 0 aliphatic heterocycles. The van der Waals surface area contributed by atoms with Gasteiger partial charge in [0.25, 0.3) is 0 Å². The van der Waals surface area contributed by atoms with Gasteiger partial charge in [0.2, 0.25) is 0 Å². The number of ether oxygens (including phenoxy) is 1. The predicted molar refractivity (Wildman–Crippen MR) is 82.1 cm³/mol. The highest BCUT2D eigenvalue weighted by molar-refractivity contribution is 5.33. The Morgan fingerprint density at radius 2 is 2.10 bits per heavy atom. The summed E-state index contributed by atoms with van der Waals surface area (Å²) < 4.78 is 7.71. The number of aromatic nitrogens is 2. The molecule has 114 valence electrons. The van der Waals surface area contributed by atoms with Gasteiger partial charge >= 0.3 is 0 Å². The van der Waals surface area contributed by atoms with E-state index in [-0.39, 0.29) is 6.61 Å². The first-order valence-corrected chi connectivity index (χ1v) is 7.24. The molecule has 0 saturated carbocycles. The lowest BCUT2D eigenvalue weighted by molar-refractivity contribution is 0.198. The van der Waals surface area contributed by atoms with Gasteiger partial charge in [-0.1, -0.05) is 18.2 Å². The van der Waals surface area contributed by atoms with Crippen molar-refractivity contribution < 1.29 is 9.84 Å². The van der Waals surface area contributed by atoms with Crippen molar-refractivity contribution in [3.8, 4) is 5.75 Å². The van der Waals surface area contributed by atoms with Crippen molar-refractivity contribution in [1.29, 1.82) is 0 Å². The van der Waals surface area contributed by atoms with Crippen LogP contribution < -0.4 is 4.74 Å². The van der Waals surface area contributed by atoms with E-state index in [1.807, 2.05) is 30.6 Å². The summed E-state index contributed by atoms with van der Waals surface area (Å²) in [5.41, 5.74) is 1.11. The van der Waals surface area contributed by atoms with Crippen molar-refractivity contribution in [1.82, 2.24) is 14.5 Å². The number of hydrogen-bond donors (Lipinski definition) is 1. The van der Waals surface area contributed by atoms with Gasteiger partial charge in [-0.2, -0.15) is 0 Å². The van der Waals surface area contributed by atoms with Crippen LogP contribution in [0.3, 0.4) is 0 Å². The molecule has 21 heavy (non-hydrogen) atoms. The highest BCUT2D eigenvalue weighted by Gasteiger charge is 2.09. The van der Waals surface area contributed by atoms with Crippen molar-refractivity contribution >= 4 is 0 Å². The smallest absolute Gasteiger partial charge is 0.123 e. The van der Waals surface area contributed by atoms with Gasteiger partial charge in [-0.25, -0.2) is 4.98 Å². The first-order chi connectivity index (χ1) is 10.2. The van der Waals surface area contributed by atoms with Crippen LogP contribution in [0.5, 0.6) is 5.75 Å². The summed E-state index contributed by atoms with van der Waals surface area (Å²) in [4.78, 5) is 6.60. The summed E-state index contributed by atoms with van der Waals surface area (Å²) in [6.45, 7) is 4.95. The molecule has 0 aliphatic carbocycles. The van der Waals surface area contributed by atoms with Crippen molar-refractivity contribution in [2.75, 3.05) is 20.3 Å². The van der Waals surface area contributed by atoms with E-state index in [0.29, 0.717) is 6.61 Å². The molecule has 2 rings (SSSR count). The van der Waals surface area contributed by atoms with Gasteiger partial charge in [0, 0.05) is 31.0 Å².